The number of carbonyl (C=O) groups excluding carboxylic acids is 2. The van der Waals surface area contributed by atoms with Crippen molar-refractivity contribution < 1.29 is 14.0 Å². The molecule has 2 rings (SSSR count). The third-order valence-electron chi connectivity index (χ3n) is 3.47. The number of benzene rings is 2. The normalized spacial score (nSPS) is 10.3. The molecule has 0 saturated heterocycles. The minimum absolute atomic E-state index is 0.0425. The van der Waals surface area contributed by atoms with Gasteiger partial charge in [0.15, 0.2) is 0 Å². The van der Waals surface area contributed by atoms with Crippen LogP contribution in [0.2, 0.25) is 5.02 Å². The molecule has 2 amide bonds. The summed E-state index contributed by atoms with van der Waals surface area (Å²) in [6.45, 7) is 1.99. The lowest BCUT2D eigenvalue weighted by Gasteiger charge is -2.20. The Kier molecular flexibility index (Phi) is 6.32. The van der Waals surface area contributed by atoms with Gasteiger partial charge in [0.25, 0.3) is 0 Å². The molecule has 0 aliphatic carbocycles. The van der Waals surface area contributed by atoms with Crippen molar-refractivity contribution in [3.8, 4) is 0 Å². The fourth-order valence-electron chi connectivity index (χ4n) is 2.12. The Morgan fingerprint density at radius 3 is 2.21 bits per heavy atom. The summed E-state index contributed by atoms with van der Waals surface area (Å²) in [6, 6.07) is 13.0. The van der Waals surface area contributed by atoms with E-state index in [9.17, 15) is 14.0 Å². The smallest absolute Gasteiger partial charge is 0.239 e. The summed E-state index contributed by atoms with van der Waals surface area (Å²) in [6.07, 6.45) is 0. The van der Waals surface area contributed by atoms with Crippen LogP contribution in [-0.4, -0.2) is 23.3 Å². The Labute approximate surface area is 145 Å². The van der Waals surface area contributed by atoms with Crippen LogP contribution < -0.4 is 5.32 Å². The molecule has 0 fully saturated rings. The Morgan fingerprint density at radius 2 is 1.62 bits per heavy atom. The monoisotopic (exact) mass is 348 g/mol. The fraction of sp³-hybridized carbons (Fsp3) is 0.222. The van der Waals surface area contributed by atoms with Gasteiger partial charge < -0.3 is 10.2 Å². The van der Waals surface area contributed by atoms with Gasteiger partial charge in [-0.2, -0.15) is 0 Å². The second-order valence-electron chi connectivity index (χ2n) is 5.40. The molecule has 0 saturated carbocycles. The van der Waals surface area contributed by atoms with Crippen molar-refractivity contribution in [3.63, 3.8) is 0 Å². The molecule has 0 aliphatic heterocycles. The Hall–Kier alpha value is -2.40. The lowest BCUT2D eigenvalue weighted by Crippen LogP contribution is -2.39. The maximum Gasteiger partial charge on any atom is 0.239 e. The maximum atomic E-state index is 12.8. The summed E-state index contributed by atoms with van der Waals surface area (Å²) in [5.41, 5.74) is 1.68. The Balaban J connectivity index is 1.89. The molecular weight excluding hydrogens is 331 g/mol. The number of rotatable bonds is 6. The van der Waals surface area contributed by atoms with E-state index in [-0.39, 0.29) is 30.7 Å². The molecule has 1 N–H and O–H groups in total. The van der Waals surface area contributed by atoms with Crippen LogP contribution in [0.3, 0.4) is 0 Å². The first-order valence-corrected chi connectivity index (χ1v) is 7.83. The highest BCUT2D eigenvalue weighted by atomic mass is 35.5. The zero-order valence-corrected chi connectivity index (χ0v) is 14.0. The van der Waals surface area contributed by atoms with Crippen molar-refractivity contribution >= 4 is 23.4 Å². The molecule has 0 aliphatic rings. The van der Waals surface area contributed by atoms with Gasteiger partial charge in [0, 0.05) is 25.0 Å². The molecule has 0 radical (unpaired) electrons. The maximum absolute atomic E-state index is 12.8. The van der Waals surface area contributed by atoms with Crippen LogP contribution in [0.5, 0.6) is 0 Å². The van der Waals surface area contributed by atoms with Gasteiger partial charge in [0.1, 0.15) is 5.82 Å². The highest BCUT2D eigenvalue weighted by Crippen LogP contribution is 2.11. The van der Waals surface area contributed by atoms with Gasteiger partial charge in [0.2, 0.25) is 11.8 Å². The highest BCUT2D eigenvalue weighted by molar-refractivity contribution is 6.30. The molecule has 2 aromatic rings. The molecule has 0 aromatic heterocycles. The lowest BCUT2D eigenvalue weighted by molar-refractivity contribution is -0.135. The zero-order valence-electron chi connectivity index (χ0n) is 13.3. The van der Waals surface area contributed by atoms with Gasteiger partial charge in [-0.3, -0.25) is 9.59 Å². The number of carbonyl (C=O) groups is 2. The zero-order chi connectivity index (χ0) is 17.5. The second-order valence-corrected chi connectivity index (χ2v) is 5.84. The fourth-order valence-corrected chi connectivity index (χ4v) is 2.25. The van der Waals surface area contributed by atoms with Crippen molar-refractivity contribution in [1.82, 2.24) is 10.2 Å². The quantitative estimate of drug-likeness (QED) is 0.871. The first kappa shape index (κ1) is 17.9. The van der Waals surface area contributed by atoms with Gasteiger partial charge in [-0.15, -0.1) is 0 Å². The first-order valence-electron chi connectivity index (χ1n) is 7.45. The van der Waals surface area contributed by atoms with Crippen LogP contribution in [-0.2, 0) is 22.7 Å². The van der Waals surface area contributed by atoms with E-state index in [0.717, 1.165) is 11.1 Å². The van der Waals surface area contributed by atoms with E-state index in [1.165, 1.54) is 24.0 Å². The van der Waals surface area contributed by atoms with Crippen LogP contribution in [0.25, 0.3) is 0 Å². The largest absolute Gasteiger partial charge is 0.350 e. The third kappa shape index (κ3) is 5.66. The Bertz CT molecular complexity index is 702. The molecule has 126 valence electrons. The molecule has 2 aromatic carbocycles. The summed E-state index contributed by atoms with van der Waals surface area (Å²) >= 11 is 5.84. The second kappa shape index (κ2) is 8.45. The van der Waals surface area contributed by atoms with Crippen molar-refractivity contribution in [2.24, 2.45) is 0 Å². The number of nitrogens with zero attached hydrogens (tertiary/aromatic N) is 1. The molecule has 0 unspecified atom stereocenters. The van der Waals surface area contributed by atoms with Crippen LogP contribution in [0.1, 0.15) is 18.1 Å². The lowest BCUT2D eigenvalue weighted by atomic mass is 10.2. The molecule has 24 heavy (non-hydrogen) atoms. The van der Waals surface area contributed by atoms with Gasteiger partial charge in [-0.25, -0.2) is 4.39 Å². The van der Waals surface area contributed by atoms with Crippen LogP contribution in [0.4, 0.5) is 4.39 Å². The summed E-state index contributed by atoms with van der Waals surface area (Å²) in [5, 5.41) is 3.34. The predicted molar refractivity (Wildman–Crippen MR) is 90.8 cm³/mol. The average Bonchev–Trinajstić information content (AvgIpc) is 2.55. The van der Waals surface area contributed by atoms with Gasteiger partial charge in [-0.1, -0.05) is 35.9 Å². The third-order valence-corrected chi connectivity index (χ3v) is 3.72. The van der Waals surface area contributed by atoms with E-state index in [2.05, 4.69) is 5.32 Å². The van der Waals surface area contributed by atoms with Crippen molar-refractivity contribution in [3.05, 3.63) is 70.5 Å². The van der Waals surface area contributed by atoms with Gasteiger partial charge in [0.05, 0.1) is 6.54 Å². The summed E-state index contributed by atoms with van der Waals surface area (Å²) in [4.78, 5) is 25.2. The van der Waals surface area contributed by atoms with E-state index in [1.807, 2.05) is 12.1 Å². The Morgan fingerprint density at radius 1 is 1.04 bits per heavy atom. The van der Waals surface area contributed by atoms with Gasteiger partial charge in [-0.05, 0) is 35.4 Å². The number of hydrogen-bond donors (Lipinski definition) is 1. The topological polar surface area (TPSA) is 49.4 Å². The SMILES string of the molecule is CC(=O)N(CC(=O)NCc1ccc(F)cc1)Cc1ccc(Cl)cc1. The van der Waals surface area contributed by atoms with E-state index in [4.69, 9.17) is 11.6 Å². The number of amides is 2. The van der Waals surface area contributed by atoms with Crippen molar-refractivity contribution in [2.45, 2.75) is 20.0 Å². The molecule has 6 heteroatoms. The van der Waals surface area contributed by atoms with Crippen LogP contribution in [0, 0.1) is 5.82 Å². The molecule has 4 nitrogen and oxygen atoms in total. The number of nitrogens with one attached hydrogen (secondary N) is 1. The van der Waals surface area contributed by atoms with Crippen LogP contribution >= 0.6 is 11.6 Å². The summed E-state index contributed by atoms with van der Waals surface area (Å²) in [7, 11) is 0. The van der Waals surface area contributed by atoms with E-state index >= 15 is 0 Å². The van der Waals surface area contributed by atoms with Crippen molar-refractivity contribution in [2.75, 3.05) is 6.54 Å². The predicted octanol–water partition coefficient (Wildman–Crippen LogP) is 3.14. The van der Waals surface area contributed by atoms with E-state index in [1.54, 1.807) is 24.3 Å². The molecular formula is C18H18ClFN2O2. The standard InChI is InChI=1S/C18H18ClFN2O2/c1-13(23)22(11-15-2-6-16(19)7-3-15)12-18(24)21-10-14-4-8-17(20)9-5-14/h2-9H,10-12H2,1H3,(H,21,24). The highest BCUT2D eigenvalue weighted by Gasteiger charge is 2.14. The molecule has 0 spiro atoms. The van der Waals surface area contributed by atoms with Gasteiger partial charge >= 0.3 is 0 Å². The first-order chi connectivity index (χ1) is 11.4. The summed E-state index contributed by atoms with van der Waals surface area (Å²) < 4.78 is 12.8. The van der Waals surface area contributed by atoms with E-state index in [0.29, 0.717) is 11.6 Å². The van der Waals surface area contributed by atoms with Crippen LogP contribution in [0.15, 0.2) is 48.5 Å². The molecule has 0 heterocycles. The molecule has 0 atom stereocenters. The molecule has 0 bridgehead atoms. The minimum Gasteiger partial charge on any atom is -0.350 e. The minimum atomic E-state index is -0.323. The summed E-state index contributed by atoms with van der Waals surface area (Å²) in [5.74, 6) is -0.791. The number of hydrogen-bond acceptors (Lipinski definition) is 2. The number of halogens is 2. The average molecular weight is 349 g/mol. The van der Waals surface area contributed by atoms with E-state index < -0.39 is 0 Å². The van der Waals surface area contributed by atoms with Crippen molar-refractivity contribution in [1.29, 1.82) is 0 Å².